The fraction of sp³-hybridized carbons (Fsp3) is 0.190. The van der Waals surface area contributed by atoms with E-state index in [2.05, 4.69) is 32.6 Å². The molecule has 0 amide bonds. The quantitative estimate of drug-likeness (QED) is 0.357. The van der Waals surface area contributed by atoms with Crippen LogP contribution in [0.25, 0.3) is 10.9 Å². The Labute approximate surface area is 181 Å². The Kier molecular flexibility index (Phi) is 6.71. The second-order valence-electron chi connectivity index (χ2n) is 6.04. The molecule has 2 aromatic carbocycles. The monoisotopic (exact) mass is 475 g/mol. The summed E-state index contributed by atoms with van der Waals surface area (Å²) in [6, 6.07) is 8.80. The minimum absolute atomic E-state index is 0.257. The van der Waals surface area contributed by atoms with E-state index in [-0.39, 0.29) is 5.56 Å². The minimum atomic E-state index is -0.257. The molecule has 0 N–H and O–H groups in total. The highest BCUT2D eigenvalue weighted by atomic mass is 79.9. The lowest BCUT2D eigenvalue weighted by atomic mass is 10.2. The van der Waals surface area contributed by atoms with Gasteiger partial charge in [0.05, 0.1) is 28.7 Å². The van der Waals surface area contributed by atoms with Crippen molar-refractivity contribution in [3.05, 3.63) is 74.2 Å². The van der Waals surface area contributed by atoms with Crippen LogP contribution in [0.2, 0.25) is 5.02 Å². The standard InChI is InChI=1S/C21H19BrClN3O3/c1-4-8-29-20-17(23)9-14(10-19(20)28-5-2)12-24-26-13(3)25-18-7-6-15(22)11-16(18)21(26)27/h4,6-7,9-12H,1,5,8H2,2-3H3. The summed E-state index contributed by atoms with van der Waals surface area (Å²) in [5, 5.41) is 5.17. The van der Waals surface area contributed by atoms with Crippen molar-refractivity contribution in [2.24, 2.45) is 5.10 Å². The molecule has 29 heavy (non-hydrogen) atoms. The van der Waals surface area contributed by atoms with Gasteiger partial charge in [0.15, 0.2) is 11.5 Å². The second kappa shape index (κ2) is 9.24. The van der Waals surface area contributed by atoms with Gasteiger partial charge in [-0.05, 0) is 49.7 Å². The molecular weight excluding hydrogens is 458 g/mol. The van der Waals surface area contributed by atoms with Crippen LogP contribution in [0.15, 0.2) is 57.4 Å². The lowest BCUT2D eigenvalue weighted by Gasteiger charge is -2.13. The van der Waals surface area contributed by atoms with E-state index in [0.717, 1.165) is 4.47 Å². The first kappa shape index (κ1) is 21.1. The van der Waals surface area contributed by atoms with Gasteiger partial charge in [0.2, 0.25) is 0 Å². The Hall–Kier alpha value is -2.64. The molecule has 0 aliphatic rings. The first-order valence-corrected chi connectivity index (χ1v) is 10.0. The highest BCUT2D eigenvalue weighted by Crippen LogP contribution is 2.36. The van der Waals surface area contributed by atoms with Crippen molar-refractivity contribution in [2.75, 3.05) is 13.2 Å². The third-order valence-electron chi connectivity index (χ3n) is 3.97. The van der Waals surface area contributed by atoms with Crippen LogP contribution >= 0.6 is 27.5 Å². The van der Waals surface area contributed by atoms with Crippen molar-refractivity contribution >= 4 is 44.6 Å². The third-order valence-corrected chi connectivity index (χ3v) is 4.74. The Bertz CT molecular complexity index is 1160. The van der Waals surface area contributed by atoms with Crippen LogP contribution in [-0.2, 0) is 0 Å². The summed E-state index contributed by atoms with van der Waals surface area (Å²) in [7, 11) is 0. The number of rotatable bonds is 7. The van der Waals surface area contributed by atoms with Gasteiger partial charge < -0.3 is 9.47 Å². The molecular formula is C21H19BrClN3O3. The molecule has 0 atom stereocenters. The largest absolute Gasteiger partial charge is 0.490 e. The van der Waals surface area contributed by atoms with Crippen molar-refractivity contribution < 1.29 is 9.47 Å². The van der Waals surface area contributed by atoms with Gasteiger partial charge in [-0.3, -0.25) is 4.79 Å². The van der Waals surface area contributed by atoms with E-state index in [1.54, 1.807) is 37.3 Å². The number of ether oxygens (including phenoxy) is 2. The summed E-state index contributed by atoms with van der Waals surface area (Å²) < 4.78 is 13.3. The molecule has 6 nitrogen and oxygen atoms in total. The summed E-state index contributed by atoms with van der Waals surface area (Å²) in [5.41, 5.74) is 1.02. The van der Waals surface area contributed by atoms with Crippen molar-refractivity contribution in [2.45, 2.75) is 13.8 Å². The highest BCUT2D eigenvalue weighted by Gasteiger charge is 2.12. The number of hydrogen-bond acceptors (Lipinski definition) is 5. The number of halogens is 2. The van der Waals surface area contributed by atoms with Crippen LogP contribution in [0.3, 0.4) is 0 Å². The van der Waals surface area contributed by atoms with Crippen molar-refractivity contribution in [3.8, 4) is 11.5 Å². The lowest BCUT2D eigenvalue weighted by molar-refractivity contribution is 0.297. The van der Waals surface area contributed by atoms with Crippen LogP contribution in [0, 0.1) is 6.92 Å². The molecule has 0 unspecified atom stereocenters. The van der Waals surface area contributed by atoms with Gasteiger partial charge in [0.1, 0.15) is 12.4 Å². The lowest BCUT2D eigenvalue weighted by Crippen LogP contribution is -2.20. The van der Waals surface area contributed by atoms with Crippen LogP contribution in [-0.4, -0.2) is 29.1 Å². The number of benzene rings is 2. The number of fused-ring (bicyclic) bond motifs is 1. The minimum Gasteiger partial charge on any atom is -0.490 e. The first-order chi connectivity index (χ1) is 13.9. The highest BCUT2D eigenvalue weighted by molar-refractivity contribution is 9.10. The average molecular weight is 477 g/mol. The summed E-state index contributed by atoms with van der Waals surface area (Å²) in [6.45, 7) is 7.98. The van der Waals surface area contributed by atoms with Crippen molar-refractivity contribution in [1.29, 1.82) is 0 Å². The third kappa shape index (κ3) is 4.68. The van der Waals surface area contributed by atoms with Crippen LogP contribution in [0.5, 0.6) is 11.5 Å². The molecule has 1 heterocycles. The number of nitrogens with zero attached hydrogens (tertiary/aromatic N) is 3. The Morgan fingerprint density at radius 1 is 1.31 bits per heavy atom. The summed E-state index contributed by atoms with van der Waals surface area (Å²) in [6.07, 6.45) is 3.16. The Morgan fingerprint density at radius 3 is 2.83 bits per heavy atom. The fourth-order valence-electron chi connectivity index (χ4n) is 2.73. The van der Waals surface area contributed by atoms with Gasteiger partial charge in [-0.1, -0.05) is 40.2 Å². The van der Waals surface area contributed by atoms with Crippen molar-refractivity contribution in [1.82, 2.24) is 9.66 Å². The Morgan fingerprint density at radius 2 is 2.10 bits per heavy atom. The van der Waals surface area contributed by atoms with E-state index in [9.17, 15) is 4.79 Å². The zero-order valence-corrected chi connectivity index (χ0v) is 18.3. The summed E-state index contributed by atoms with van der Waals surface area (Å²) in [4.78, 5) is 17.3. The smallest absolute Gasteiger partial charge is 0.282 e. The van der Waals surface area contributed by atoms with Gasteiger partial charge in [0, 0.05) is 4.47 Å². The molecule has 0 radical (unpaired) electrons. The van der Waals surface area contributed by atoms with Gasteiger partial charge >= 0.3 is 0 Å². The zero-order chi connectivity index (χ0) is 21.0. The molecule has 0 aliphatic heterocycles. The summed E-state index contributed by atoms with van der Waals surface area (Å²) in [5.74, 6) is 1.41. The van der Waals surface area contributed by atoms with E-state index in [1.807, 2.05) is 13.0 Å². The maximum absolute atomic E-state index is 12.8. The first-order valence-electron chi connectivity index (χ1n) is 8.88. The predicted molar refractivity (Wildman–Crippen MR) is 120 cm³/mol. The molecule has 0 bridgehead atoms. The van der Waals surface area contributed by atoms with Crippen LogP contribution in [0.1, 0.15) is 18.3 Å². The van der Waals surface area contributed by atoms with E-state index >= 15 is 0 Å². The molecule has 0 aliphatic carbocycles. The molecule has 8 heteroatoms. The van der Waals surface area contributed by atoms with Crippen LogP contribution in [0.4, 0.5) is 0 Å². The molecule has 1 aromatic heterocycles. The molecule has 0 saturated heterocycles. The van der Waals surface area contributed by atoms with Gasteiger partial charge in [-0.2, -0.15) is 9.78 Å². The zero-order valence-electron chi connectivity index (χ0n) is 16.0. The number of hydrogen-bond donors (Lipinski definition) is 0. The molecule has 0 fully saturated rings. The summed E-state index contributed by atoms with van der Waals surface area (Å²) >= 11 is 9.74. The SMILES string of the molecule is C=CCOc1c(Cl)cc(C=Nn2c(C)nc3ccc(Br)cc3c2=O)cc1OCC. The van der Waals surface area contributed by atoms with Crippen molar-refractivity contribution in [3.63, 3.8) is 0 Å². The van der Waals surface area contributed by atoms with E-state index < -0.39 is 0 Å². The van der Waals surface area contributed by atoms with Gasteiger partial charge in [-0.15, -0.1) is 0 Å². The molecule has 0 spiro atoms. The van der Waals surface area contributed by atoms with Gasteiger partial charge in [-0.25, -0.2) is 4.98 Å². The molecule has 3 rings (SSSR count). The number of aryl methyl sites for hydroxylation is 1. The fourth-order valence-corrected chi connectivity index (χ4v) is 3.36. The predicted octanol–water partition coefficient (Wildman–Crippen LogP) is 4.97. The van der Waals surface area contributed by atoms with E-state index in [4.69, 9.17) is 21.1 Å². The van der Waals surface area contributed by atoms with Crippen LogP contribution < -0.4 is 15.0 Å². The molecule has 150 valence electrons. The second-order valence-corrected chi connectivity index (χ2v) is 7.37. The average Bonchev–Trinajstić information content (AvgIpc) is 2.68. The maximum Gasteiger partial charge on any atom is 0.282 e. The maximum atomic E-state index is 12.8. The molecule has 3 aromatic rings. The Balaban J connectivity index is 2.03. The topological polar surface area (TPSA) is 65.7 Å². The van der Waals surface area contributed by atoms with Gasteiger partial charge in [0.25, 0.3) is 5.56 Å². The number of aromatic nitrogens is 2. The normalized spacial score (nSPS) is 11.2. The van der Waals surface area contributed by atoms with E-state index in [1.165, 1.54) is 10.9 Å². The molecule has 0 saturated carbocycles. The van der Waals surface area contributed by atoms with E-state index in [0.29, 0.717) is 52.0 Å².